The van der Waals surface area contributed by atoms with E-state index in [1.807, 2.05) is 50.5 Å². The van der Waals surface area contributed by atoms with E-state index in [4.69, 9.17) is 4.74 Å². The number of carbonyl (C=O) groups excluding carboxylic acids is 2. The van der Waals surface area contributed by atoms with Crippen molar-refractivity contribution < 1.29 is 24.2 Å². The molecule has 4 rings (SSSR count). The molecule has 0 spiro atoms. The standard InChI is InChI=1S/C27H33N3O5/c1-17-15-30(13-12-24(17)29(2)3)26(33)23(14-25(31)32)28-27(34)35-16-22-20-10-6-4-8-18(20)19-9-5-7-11-21(19)22/h4-11,17,22-24H,12-16H2,1-3H3,(H,28,34)(H,31,32). The first-order chi connectivity index (χ1) is 16.8. The number of fused-ring (bicyclic) bond motifs is 3. The molecule has 1 fully saturated rings. The number of benzene rings is 2. The smallest absolute Gasteiger partial charge is 0.407 e. The SMILES string of the molecule is CC1CN(C(=O)C(CC(=O)O)NC(=O)OCC2c3ccccc3-c3ccccc32)CCC1N(C)C. The highest BCUT2D eigenvalue weighted by Gasteiger charge is 2.35. The number of carboxylic acids is 1. The van der Waals surface area contributed by atoms with E-state index < -0.39 is 24.5 Å². The highest BCUT2D eigenvalue weighted by molar-refractivity contribution is 5.89. The predicted octanol–water partition coefficient (Wildman–Crippen LogP) is 3.17. The van der Waals surface area contributed by atoms with Gasteiger partial charge in [-0.05, 0) is 48.7 Å². The number of ether oxygens (including phenoxy) is 1. The van der Waals surface area contributed by atoms with Gasteiger partial charge >= 0.3 is 12.1 Å². The molecule has 2 aromatic carbocycles. The molecule has 2 N–H and O–H groups in total. The minimum Gasteiger partial charge on any atom is -0.481 e. The lowest BCUT2D eigenvalue weighted by Gasteiger charge is -2.41. The van der Waals surface area contributed by atoms with Gasteiger partial charge in [0.05, 0.1) is 6.42 Å². The van der Waals surface area contributed by atoms with E-state index in [9.17, 15) is 19.5 Å². The first-order valence-corrected chi connectivity index (χ1v) is 12.0. The second kappa shape index (κ2) is 10.5. The molecule has 8 heteroatoms. The molecule has 2 amide bonds. The van der Waals surface area contributed by atoms with Crippen molar-refractivity contribution in [2.75, 3.05) is 33.8 Å². The Hall–Kier alpha value is -3.39. The van der Waals surface area contributed by atoms with Crippen molar-refractivity contribution in [2.24, 2.45) is 5.92 Å². The fourth-order valence-electron chi connectivity index (χ4n) is 5.48. The van der Waals surface area contributed by atoms with E-state index in [1.165, 1.54) is 0 Å². The Morgan fingerprint density at radius 2 is 1.69 bits per heavy atom. The van der Waals surface area contributed by atoms with Crippen LogP contribution in [0, 0.1) is 5.92 Å². The van der Waals surface area contributed by atoms with Gasteiger partial charge in [0.25, 0.3) is 0 Å². The number of alkyl carbamates (subject to hydrolysis) is 1. The van der Waals surface area contributed by atoms with Crippen LogP contribution in [0.1, 0.15) is 36.8 Å². The third kappa shape index (κ3) is 5.32. The van der Waals surface area contributed by atoms with E-state index in [-0.39, 0.29) is 24.3 Å². The van der Waals surface area contributed by atoms with Crippen LogP contribution < -0.4 is 5.32 Å². The Kier molecular flexibility index (Phi) is 7.40. The van der Waals surface area contributed by atoms with Crippen molar-refractivity contribution >= 4 is 18.0 Å². The molecule has 3 atom stereocenters. The van der Waals surface area contributed by atoms with Crippen LogP contribution in [0.4, 0.5) is 4.79 Å². The Morgan fingerprint density at radius 1 is 1.09 bits per heavy atom. The summed E-state index contributed by atoms with van der Waals surface area (Å²) in [6, 6.07) is 15.2. The number of carbonyl (C=O) groups is 3. The number of likely N-dealkylation sites (tertiary alicyclic amines) is 1. The van der Waals surface area contributed by atoms with E-state index in [2.05, 4.69) is 29.3 Å². The molecule has 35 heavy (non-hydrogen) atoms. The number of hydrogen-bond acceptors (Lipinski definition) is 5. The summed E-state index contributed by atoms with van der Waals surface area (Å²) < 4.78 is 5.54. The van der Waals surface area contributed by atoms with Gasteiger partial charge < -0.3 is 25.0 Å². The normalized spacial score (nSPS) is 20.2. The minimum absolute atomic E-state index is 0.0963. The first-order valence-electron chi connectivity index (χ1n) is 12.0. The van der Waals surface area contributed by atoms with Gasteiger partial charge in [0.1, 0.15) is 12.6 Å². The molecule has 0 saturated carbocycles. The number of nitrogens with one attached hydrogen (secondary N) is 1. The molecule has 1 saturated heterocycles. The molecular formula is C27H33N3O5. The maximum Gasteiger partial charge on any atom is 0.407 e. The van der Waals surface area contributed by atoms with Crippen LogP contribution in [0.15, 0.2) is 48.5 Å². The summed E-state index contributed by atoms with van der Waals surface area (Å²) >= 11 is 0. The van der Waals surface area contributed by atoms with Crippen LogP contribution in [0.25, 0.3) is 11.1 Å². The third-order valence-electron chi connectivity index (χ3n) is 7.15. The molecular weight excluding hydrogens is 446 g/mol. The minimum atomic E-state index is -1.17. The summed E-state index contributed by atoms with van der Waals surface area (Å²) in [6.45, 7) is 3.22. The van der Waals surface area contributed by atoms with Crippen molar-refractivity contribution in [2.45, 2.75) is 37.8 Å². The van der Waals surface area contributed by atoms with Gasteiger partial charge in [0.15, 0.2) is 0 Å². The molecule has 1 aliphatic carbocycles. The summed E-state index contributed by atoms with van der Waals surface area (Å²) in [5.74, 6) is -1.42. The number of carboxylic acid groups (broad SMARTS) is 1. The van der Waals surface area contributed by atoms with Gasteiger partial charge in [0, 0.05) is 25.0 Å². The lowest BCUT2D eigenvalue weighted by atomic mass is 9.92. The number of amides is 2. The first kappa shape index (κ1) is 24.7. The van der Waals surface area contributed by atoms with Crippen LogP contribution in [-0.4, -0.2) is 78.8 Å². The molecule has 0 radical (unpaired) electrons. The molecule has 1 aliphatic heterocycles. The van der Waals surface area contributed by atoms with Gasteiger partial charge in [-0.1, -0.05) is 55.5 Å². The van der Waals surface area contributed by atoms with Crippen molar-refractivity contribution in [1.29, 1.82) is 0 Å². The summed E-state index contributed by atoms with van der Waals surface area (Å²) in [5.41, 5.74) is 4.40. The van der Waals surface area contributed by atoms with E-state index >= 15 is 0 Å². The molecule has 0 aromatic heterocycles. The zero-order valence-corrected chi connectivity index (χ0v) is 20.4. The number of piperidine rings is 1. The Labute approximate surface area is 205 Å². The fourth-order valence-corrected chi connectivity index (χ4v) is 5.48. The van der Waals surface area contributed by atoms with Gasteiger partial charge in [0.2, 0.25) is 5.91 Å². The molecule has 2 aromatic rings. The molecule has 8 nitrogen and oxygen atoms in total. The Bertz CT molecular complexity index is 1060. The molecule has 186 valence electrons. The highest BCUT2D eigenvalue weighted by Crippen LogP contribution is 2.44. The van der Waals surface area contributed by atoms with Crippen LogP contribution in [0.2, 0.25) is 0 Å². The van der Waals surface area contributed by atoms with Gasteiger partial charge in [-0.15, -0.1) is 0 Å². The van der Waals surface area contributed by atoms with Crippen LogP contribution in [0.5, 0.6) is 0 Å². The van der Waals surface area contributed by atoms with Crippen LogP contribution in [0.3, 0.4) is 0 Å². The van der Waals surface area contributed by atoms with Crippen LogP contribution in [-0.2, 0) is 14.3 Å². The Balaban J connectivity index is 1.41. The topological polar surface area (TPSA) is 99.2 Å². The molecule has 3 unspecified atom stereocenters. The maximum atomic E-state index is 13.2. The summed E-state index contributed by atoms with van der Waals surface area (Å²) in [4.78, 5) is 41.1. The average Bonchev–Trinajstić information content (AvgIpc) is 3.15. The number of nitrogens with zero attached hydrogens (tertiary/aromatic N) is 2. The van der Waals surface area contributed by atoms with Crippen molar-refractivity contribution in [3.05, 3.63) is 59.7 Å². The van der Waals surface area contributed by atoms with E-state index in [0.717, 1.165) is 28.7 Å². The zero-order chi connectivity index (χ0) is 25.1. The quantitative estimate of drug-likeness (QED) is 0.633. The molecule has 1 heterocycles. The van der Waals surface area contributed by atoms with Crippen molar-refractivity contribution in [3.63, 3.8) is 0 Å². The highest BCUT2D eigenvalue weighted by atomic mass is 16.5. The molecule has 0 bridgehead atoms. The van der Waals surface area contributed by atoms with Crippen molar-refractivity contribution in [1.82, 2.24) is 15.1 Å². The second-order valence-electron chi connectivity index (χ2n) is 9.70. The lowest BCUT2D eigenvalue weighted by molar-refractivity contribution is -0.143. The van der Waals surface area contributed by atoms with E-state index in [0.29, 0.717) is 19.1 Å². The Morgan fingerprint density at radius 3 is 2.23 bits per heavy atom. The van der Waals surface area contributed by atoms with Crippen molar-refractivity contribution in [3.8, 4) is 11.1 Å². The maximum absolute atomic E-state index is 13.2. The largest absolute Gasteiger partial charge is 0.481 e. The number of aliphatic carboxylic acids is 1. The molecule has 2 aliphatic rings. The zero-order valence-electron chi connectivity index (χ0n) is 20.4. The van der Waals surface area contributed by atoms with Gasteiger partial charge in [-0.25, -0.2) is 4.79 Å². The van der Waals surface area contributed by atoms with Gasteiger partial charge in [-0.2, -0.15) is 0 Å². The average molecular weight is 480 g/mol. The lowest BCUT2D eigenvalue weighted by Crippen LogP contribution is -2.55. The van der Waals surface area contributed by atoms with E-state index in [1.54, 1.807) is 4.90 Å². The summed E-state index contributed by atoms with van der Waals surface area (Å²) in [5, 5.41) is 11.9. The number of hydrogen-bond donors (Lipinski definition) is 2. The summed E-state index contributed by atoms with van der Waals surface area (Å²) in [7, 11) is 4.04. The fraction of sp³-hybridized carbons (Fsp3) is 0.444. The third-order valence-corrected chi connectivity index (χ3v) is 7.15. The van der Waals surface area contributed by atoms with Crippen LogP contribution >= 0.6 is 0 Å². The summed E-state index contributed by atoms with van der Waals surface area (Å²) in [6.07, 6.45) is -0.488. The number of rotatable bonds is 7. The van der Waals surface area contributed by atoms with Gasteiger partial charge in [-0.3, -0.25) is 9.59 Å². The second-order valence-corrected chi connectivity index (χ2v) is 9.70. The monoisotopic (exact) mass is 479 g/mol. The predicted molar refractivity (Wildman–Crippen MR) is 132 cm³/mol.